The summed E-state index contributed by atoms with van der Waals surface area (Å²) in [7, 11) is -3.83. The van der Waals surface area contributed by atoms with Crippen molar-refractivity contribution in [3.63, 3.8) is 0 Å². The zero-order valence-electron chi connectivity index (χ0n) is 18.0. The van der Waals surface area contributed by atoms with Gasteiger partial charge in [0.1, 0.15) is 11.6 Å². The molecular weight excluding hydrogens is 445 g/mol. The maximum atomic E-state index is 13.7. The molecule has 6 nitrogen and oxygen atoms in total. The van der Waals surface area contributed by atoms with Gasteiger partial charge in [-0.2, -0.15) is 4.31 Å². The maximum absolute atomic E-state index is 13.7. The minimum absolute atomic E-state index is 0.0611. The molecule has 0 radical (unpaired) electrons. The van der Waals surface area contributed by atoms with Crippen molar-refractivity contribution < 1.29 is 27.4 Å². The third-order valence-corrected chi connectivity index (χ3v) is 7.56. The van der Waals surface area contributed by atoms with Gasteiger partial charge in [-0.25, -0.2) is 12.8 Å². The molecule has 3 aromatic rings. The zero-order valence-corrected chi connectivity index (χ0v) is 18.8. The summed E-state index contributed by atoms with van der Waals surface area (Å²) in [5.41, 5.74) is 0.485. The second kappa shape index (κ2) is 8.96. The van der Waals surface area contributed by atoms with E-state index in [1.165, 1.54) is 28.6 Å². The van der Waals surface area contributed by atoms with E-state index in [0.717, 1.165) is 5.56 Å². The number of aliphatic carboxylic acids is 1. The number of carbonyl (C=O) groups is 1. The Bertz CT molecular complexity index is 1260. The predicted octanol–water partition coefficient (Wildman–Crippen LogP) is 4.07. The van der Waals surface area contributed by atoms with Crippen molar-refractivity contribution in [2.45, 2.75) is 23.8 Å². The number of ether oxygens (including phenoxy) is 1. The first-order chi connectivity index (χ1) is 15.7. The minimum atomic E-state index is -3.83. The van der Waals surface area contributed by atoms with Gasteiger partial charge in [0.05, 0.1) is 23.9 Å². The van der Waals surface area contributed by atoms with Crippen LogP contribution in [0.5, 0.6) is 5.75 Å². The summed E-state index contributed by atoms with van der Waals surface area (Å²) in [5.74, 6) is -1.68. The first kappa shape index (κ1) is 22.9. The predicted molar refractivity (Wildman–Crippen MR) is 121 cm³/mol. The van der Waals surface area contributed by atoms with Gasteiger partial charge in [0.15, 0.2) is 5.60 Å². The largest absolute Gasteiger partial charge is 0.481 e. The topological polar surface area (TPSA) is 83.9 Å². The van der Waals surface area contributed by atoms with Gasteiger partial charge in [-0.1, -0.05) is 55.5 Å². The van der Waals surface area contributed by atoms with Crippen molar-refractivity contribution in [2.24, 2.45) is 5.92 Å². The Labute approximate surface area is 192 Å². The molecule has 1 aliphatic rings. The van der Waals surface area contributed by atoms with E-state index in [0.29, 0.717) is 11.3 Å². The molecule has 1 aliphatic heterocycles. The molecule has 1 atom stereocenters. The van der Waals surface area contributed by atoms with Crippen LogP contribution in [-0.4, -0.2) is 36.9 Å². The lowest BCUT2D eigenvalue weighted by molar-refractivity contribution is -0.141. The van der Waals surface area contributed by atoms with Crippen molar-refractivity contribution in [1.29, 1.82) is 0 Å². The van der Waals surface area contributed by atoms with Gasteiger partial charge in [0.2, 0.25) is 10.0 Å². The Morgan fingerprint density at radius 2 is 1.76 bits per heavy atom. The lowest BCUT2D eigenvalue weighted by Crippen LogP contribution is -2.64. The van der Waals surface area contributed by atoms with Crippen LogP contribution in [0.2, 0.25) is 0 Å². The van der Waals surface area contributed by atoms with Crippen LogP contribution in [0.4, 0.5) is 4.39 Å². The highest BCUT2D eigenvalue weighted by Gasteiger charge is 2.52. The second-order valence-electron chi connectivity index (χ2n) is 8.28. The van der Waals surface area contributed by atoms with E-state index >= 15 is 0 Å². The highest BCUT2D eigenvalue weighted by Crippen LogP contribution is 2.40. The quantitative estimate of drug-likeness (QED) is 0.538. The van der Waals surface area contributed by atoms with Crippen molar-refractivity contribution in [2.75, 3.05) is 13.1 Å². The standard InChI is InChI=1S/C25H24FNO5S/c1-18(24(28)29)13-19-7-5-12-23(14-19)33(30,31)27-16-25(17-27,20-8-3-2-4-9-20)32-22-11-6-10-21(26)15-22/h2-12,14-15,18H,13,16-17H2,1H3,(H,28,29)/t18-/m0/s1. The smallest absolute Gasteiger partial charge is 0.306 e. The van der Waals surface area contributed by atoms with Crippen LogP contribution < -0.4 is 4.74 Å². The monoisotopic (exact) mass is 469 g/mol. The minimum Gasteiger partial charge on any atom is -0.481 e. The van der Waals surface area contributed by atoms with E-state index in [1.54, 1.807) is 31.2 Å². The van der Waals surface area contributed by atoms with E-state index in [1.807, 2.05) is 30.3 Å². The van der Waals surface area contributed by atoms with Gasteiger partial charge in [0, 0.05) is 6.07 Å². The average Bonchev–Trinajstić information content (AvgIpc) is 2.76. The van der Waals surface area contributed by atoms with Gasteiger partial charge < -0.3 is 9.84 Å². The summed E-state index contributed by atoms with van der Waals surface area (Å²) < 4.78 is 47.8. The fourth-order valence-corrected chi connectivity index (χ4v) is 5.53. The van der Waals surface area contributed by atoms with Crippen LogP contribution >= 0.6 is 0 Å². The molecule has 33 heavy (non-hydrogen) atoms. The Morgan fingerprint density at radius 3 is 2.42 bits per heavy atom. The summed E-state index contributed by atoms with van der Waals surface area (Å²) in [5, 5.41) is 9.15. The number of halogens is 1. The van der Waals surface area contributed by atoms with Crippen molar-refractivity contribution >= 4 is 16.0 Å². The van der Waals surface area contributed by atoms with Gasteiger partial charge in [0.25, 0.3) is 0 Å². The molecule has 0 unspecified atom stereocenters. The van der Waals surface area contributed by atoms with E-state index in [2.05, 4.69) is 0 Å². The molecule has 3 aromatic carbocycles. The molecule has 0 saturated carbocycles. The molecule has 4 rings (SSSR count). The number of carboxylic acids is 1. The van der Waals surface area contributed by atoms with Crippen LogP contribution in [-0.2, 0) is 26.8 Å². The lowest BCUT2D eigenvalue weighted by Gasteiger charge is -2.48. The molecule has 0 aliphatic carbocycles. The van der Waals surface area contributed by atoms with E-state index < -0.39 is 33.3 Å². The Morgan fingerprint density at radius 1 is 1.06 bits per heavy atom. The maximum Gasteiger partial charge on any atom is 0.306 e. The molecule has 8 heteroatoms. The van der Waals surface area contributed by atoms with Gasteiger partial charge >= 0.3 is 5.97 Å². The number of nitrogens with zero attached hydrogens (tertiary/aromatic N) is 1. The molecule has 1 saturated heterocycles. The number of benzene rings is 3. The third-order valence-electron chi connectivity index (χ3n) is 5.77. The van der Waals surface area contributed by atoms with Crippen LogP contribution in [0.3, 0.4) is 0 Å². The van der Waals surface area contributed by atoms with Gasteiger partial charge in [-0.3, -0.25) is 4.79 Å². The number of carboxylic acid groups (broad SMARTS) is 1. The van der Waals surface area contributed by atoms with Crippen LogP contribution in [0.15, 0.2) is 83.8 Å². The van der Waals surface area contributed by atoms with E-state index in [4.69, 9.17) is 9.84 Å². The number of hydrogen-bond acceptors (Lipinski definition) is 4. The summed E-state index contributed by atoms with van der Waals surface area (Å²) in [6.45, 7) is 1.70. The molecular formula is C25H24FNO5S. The zero-order chi connectivity index (χ0) is 23.6. The van der Waals surface area contributed by atoms with Crippen molar-refractivity contribution in [1.82, 2.24) is 4.31 Å². The fraction of sp³-hybridized carbons (Fsp3) is 0.240. The summed E-state index contributed by atoms with van der Waals surface area (Å²) in [6, 6.07) is 21.4. The van der Waals surface area contributed by atoms with E-state index in [-0.39, 0.29) is 24.4 Å². The summed E-state index contributed by atoms with van der Waals surface area (Å²) >= 11 is 0. The molecule has 1 heterocycles. The van der Waals surface area contributed by atoms with E-state index in [9.17, 15) is 17.6 Å². The molecule has 0 amide bonds. The van der Waals surface area contributed by atoms with Crippen molar-refractivity contribution in [3.8, 4) is 5.75 Å². The summed E-state index contributed by atoms with van der Waals surface area (Å²) in [4.78, 5) is 11.3. The Kier molecular flexibility index (Phi) is 6.23. The second-order valence-corrected chi connectivity index (χ2v) is 10.2. The van der Waals surface area contributed by atoms with Crippen molar-refractivity contribution in [3.05, 3.63) is 95.8 Å². The fourth-order valence-electron chi connectivity index (χ4n) is 3.92. The van der Waals surface area contributed by atoms with Crippen LogP contribution in [0.1, 0.15) is 18.1 Å². The Hall–Kier alpha value is -3.23. The molecule has 172 valence electrons. The van der Waals surface area contributed by atoms with Gasteiger partial charge in [-0.05, 0) is 41.8 Å². The normalized spacial score (nSPS) is 16.5. The SMILES string of the molecule is C[C@@H](Cc1cccc(S(=O)(=O)N2CC(Oc3cccc(F)c3)(c3ccccc3)C2)c1)C(=O)O. The third kappa shape index (κ3) is 4.77. The molecule has 1 N–H and O–H groups in total. The number of sulfonamides is 1. The molecule has 0 bridgehead atoms. The van der Waals surface area contributed by atoms with Crippen LogP contribution in [0, 0.1) is 11.7 Å². The molecule has 1 fully saturated rings. The van der Waals surface area contributed by atoms with Gasteiger partial charge in [-0.15, -0.1) is 0 Å². The first-order valence-corrected chi connectivity index (χ1v) is 12.0. The molecule has 0 spiro atoms. The lowest BCUT2D eigenvalue weighted by atomic mass is 9.87. The average molecular weight is 470 g/mol. The number of rotatable bonds is 8. The molecule has 0 aromatic heterocycles. The van der Waals surface area contributed by atoms with Crippen LogP contribution in [0.25, 0.3) is 0 Å². The highest BCUT2D eigenvalue weighted by molar-refractivity contribution is 7.89. The Balaban J connectivity index is 1.59. The highest BCUT2D eigenvalue weighted by atomic mass is 32.2. The first-order valence-electron chi connectivity index (χ1n) is 10.5. The number of hydrogen-bond donors (Lipinski definition) is 1. The summed E-state index contributed by atoms with van der Waals surface area (Å²) in [6.07, 6.45) is 0.231.